The lowest BCUT2D eigenvalue weighted by Crippen LogP contribution is -2.07. The second-order valence-electron chi connectivity index (χ2n) is 7.25. The molecule has 0 spiro atoms. The first-order chi connectivity index (χ1) is 14.6. The highest BCUT2D eigenvalue weighted by Gasteiger charge is 2.13. The van der Waals surface area contributed by atoms with Gasteiger partial charge < -0.3 is 4.74 Å². The quantitative estimate of drug-likeness (QED) is 0.448. The molecule has 30 heavy (non-hydrogen) atoms. The molecule has 6 heteroatoms. The van der Waals surface area contributed by atoms with Crippen LogP contribution in [0.3, 0.4) is 0 Å². The fraction of sp³-hybridized carbons (Fsp3) is 0.167. The average Bonchev–Trinajstić information content (AvgIpc) is 3.21. The van der Waals surface area contributed by atoms with E-state index in [9.17, 15) is 10.1 Å². The van der Waals surface area contributed by atoms with E-state index in [0.717, 1.165) is 27.7 Å². The largest absolute Gasteiger partial charge is 0.457 e. The number of esters is 1. The van der Waals surface area contributed by atoms with E-state index in [4.69, 9.17) is 4.74 Å². The van der Waals surface area contributed by atoms with E-state index in [0.29, 0.717) is 11.1 Å². The fourth-order valence-corrected chi connectivity index (χ4v) is 3.27. The summed E-state index contributed by atoms with van der Waals surface area (Å²) in [4.78, 5) is 16.8. The van der Waals surface area contributed by atoms with Crippen LogP contribution >= 0.6 is 0 Å². The molecule has 0 atom stereocenters. The molecule has 0 unspecified atom stereocenters. The van der Waals surface area contributed by atoms with Crippen LogP contribution < -0.4 is 0 Å². The van der Waals surface area contributed by atoms with Crippen LogP contribution in [-0.4, -0.2) is 20.7 Å². The van der Waals surface area contributed by atoms with Crippen molar-refractivity contribution in [3.05, 3.63) is 83.7 Å². The third kappa shape index (κ3) is 3.78. The number of carbonyl (C=O) groups excluding carboxylic acids is 1. The zero-order valence-electron chi connectivity index (χ0n) is 16.7. The van der Waals surface area contributed by atoms with Crippen LogP contribution in [0.25, 0.3) is 22.2 Å². The Morgan fingerprint density at radius 1 is 1.13 bits per heavy atom. The number of hydrogen-bond donors (Lipinski definition) is 0. The zero-order valence-corrected chi connectivity index (χ0v) is 16.7. The topological polar surface area (TPSA) is 80.8 Å². The lowest BCUT2D eigenvalue weighted by molar-refractivity contribution is 0.0472. The first-order valence-electron chi connectivity index (χ1n) is 9.65. The first-order valence-corrected chi connectivity index (χ1v) is 9.65. The van der Waals surface area contributed by atoms with Crippen LogP contribution in [0.2, 0.25) is 0 Å². The molecule has 0 amide bonds. The molecule has 0 bridgehead atoms. The standard InChI is InChI=1S/C24H20N4O2/c1-16(2)28-23-20(14-27-28)11-21(13-26-23)24(29)30-15-17-7-9-18(10-8-17)22-6-4-3-5-19(22)12-25/h3-11,13-14,16H,15H2,1-2H3. The van der Waals surface area contributed by atoms with Crippen molar-refractivity contribution in [1.29, 1.82) is 5.26 Å². The summed E-state index contributed by atoms with van der Waals surface area (Å²) in [7, 11) is 0. The number of aromatic nitrogens is 3. The van der Waals surface area contributed by atoms with Crippen LogP contribution in [0.15, 0.2) is 67.0 Å². The van der Waals surface area contributed by atoms with Crippen molar-refractivity contribution in [3.63, 3.8) is 0 Å². The van der Waals surface area contributed by atoms with Crippen molar-refractivity contribution in [2.24, 2.45) is 0 Å². The van der Waals surface area contributed by atoms with Gasteiger partial charge in [-0.2, -0.15) is 10.4 Å². The second-order valence-corrected chi connectivity index (χ2v) is 7.25. The van der Waals surface area contributed by atoms with Gasteiger partial charge in [0.05, 0.1) is 23.4 Å². The second kappa shape index (κ2) is 8.18. The summed E-state index contributed by atoms with van der Waals surface area (Å²) in [6.45, 7) is 4.21. The monoisotopic (exact) mass is 396 g/mol. The summed E-state index contributed by atoms with van der Waals surface area (Å²) in [6, 6.07) is 19.2. The van der Waals surface area contributed by atoms with Gasteiger partial charge in [-0.1, -0.05) is 42.5 Å². The average molecular weight is 396 g/mol. The van der Waals surface area contributed by atoms with E-state index < -0.39 is 5.97 Å². The van der Waals surface area contributed by atoms with Gasteiger partial charge in [-0.05, 0) is 42.7 Å². The summed E-state index contributed by atoms with van der Waals surface area (Å²) in [5, 5.41) is 14.4. The summed E-state index contributed by atoms with van der Waals surface area (Å²) >= 11 is 0. The Kier molecular flexibility index (Phi) is 5.27. The van der Waals surface area contributed by atoms with Crippen molar-refractivity contribution >= 4 is 17.0 Å². The number of rotatable bonds is 5. The van der Waals surface area contributed by atoms with Gasteiger partial charge in [0.15, 0.2) is 5.65 Å². The summed E-state index contributed by atoms with van der Waals surface area (Å²) < 4.78 is 7.27. The number of ether oxygens (including phenoxy) is 1. The molecule has 6 nitrogen and oxygen atoms in total. The Morgan fingerprint density at radius 3 is 2.63 bits per heavy atom. The summed E-state index contributed by atoms with van der Waals surface area (Å²) in [6.07, 6.45) is 3.23. The molecule has 0 aliphatic heterocycles. The highest BCUT2D eigenvalue weighted by atomic mass is 16.5. The van der Waals surface area contributed by atoms with Crippen LogP contribution in [0, 0.1) is 11.3 Å². The Balaban J connectivity index is 1.45. The van der Waals surface area contributed by atoms with Crippen LogP contribution in [-0.2, 0) is 11.3 Å². The maximum Gasteiger partial charge on any atom is 0.340 e. The molecule has 4 rings (SSSR count). The molecule has 4 aromatic rings. The van der Waals surface area contributed by atoms with Gasteiger partial charge in [-0.25, -0.2) is 14.5 Å². The predicted molar refractivity (Wildman–Crippen MR) is 114 cm³/mol. The first kappa shape index (κ1) is 19.3. The number of nitriles is 1. The summed E-state index contributed by atoms with van der Waals surface area (Å²) in [5.74, 6) is -0.430. The maximum atomic E-state index is 12.4. The lowest BCUT2D eigenvalue weighted by atomic mass is 9.99. The number of carbonyl (C=O) groups is 1. The molecule has 2 aromatic heterocycles. The smallest absolute Gasteiger partial charge is 0.340 e. The SMILES string of the molecule is CC(C)n1ncc2cc(C(=O)OCc3ccc(-c4ccccc4C#N)cc3)cnc21. The minimum atomic E-state index is -0.430. The molecule has 148 valence electrons. The highest BCUT2D eigenvalue weighted by Crippen LogP contribution is 2.24. The maximum absolute atomic E-state index is 12.4. The van der Waals surface area contributed by atoms with Crippen molar-refractivity contribution in [2.45, 2.75) is 26.5 Å². The van der Waals surface area contributed by atoms with E-state index in [1.54, 1.807) is 18.3 Å². The zero-order chi connectivity index (χ0) is 21.1. The van der Waals surface area contributed by atoms with Gasteiger partial charge in [-0.3, -0.25) is 0 Å². The highest BCUT2D eigenvalue weighted by molar-refractivity contribution is 5.93. The minimum Gasteiger partial charge on any atom is -0.457 e. The van der Waals surface area contributed by atoms with E-state index in [2.05, 4.69) is 16.2 Å². The molecule has 0 N–H and O–H groups in total. The minimum absolute atomic E-state index is 0.155. The third-order valence-electron chi connectivity index (χ3n) is 4.84. The predicted octanol–water partition coefficient (Wildman–Crippen LogP) is 4.91. The van der Waals surface area contributed by atoms with Gasteiger partial charge >= 0.3 is 5.97 Å². The molecular weight excluding hydrogens is 376 g/mol. The van der Waals surface area contributed by atoms with Crippen molar-refractivity contribution in [2.75, 3.05) is 0 Å². The molecule has 0 saturated heterocycles. The fourth-order valence-electron chi connectivity index (χ4n) is 3.27. The Labute approximate surface area is 174 Å². The molecule has 0 aliphatic rings. The number of fused-ring (bicyclic) bond motifs is 1. The molecule has 0 aliphatic carbocycles. The number of hydrogen-bond acceptors (Lipinski definition) is 5. The Hall–Kier alpha value is -3.98. The van der Waals surface area contributed by atoms with E-state index in [-0.39, 0.29) is 12.6 Å². The molecule has 2 aromatic carbocycles. The van der Waals surface area contributed by atoms with Crippen LogP contribution in [0.5, 0.6) is 0 Å². The molecule has 0 fully saturated rings. The molecule has 2 heterocycles. The van der Waals surface area contributed by atoms with Gasteiger partial charge in [-0.15, -0.1) is 0 Å². The molecular formula is C24H20N4O2. The number of pyridine rings is 1. The van der Waals surface area contributed by atoms with Crippen LogP contribution in [0.1, 0.15) is 41.4 Å². The van der Waals surface area contributed by atoms with E-state index in [1.807, 2.05) is 61.0 Å². The molecule has 0 saturated carbocycles. The van der Waals surface area contributed by atoms with Crippen molar-refractivity contribution in [3.8, 4) is 17.2 Å². The number of nitrogens with zero attached hydrogens (tertiary/aromatic N) is 4. The van der Waals surface area contributed by atoms with E-state index >= 15 is 0 Å². The van der Waals surface area contributed by atoms with Gasteiger partial charge in [0, 0.05) is 17.6 Å². The van der Waals surface area contributed by atoms with Gasteiger partial charge in [0.25, 0.3) is 0 Å². The normalized spacial score (nSPS) is 10.9. The van der Waals surface area contributed by atoms with Gasteiger partial charge in [0.2, 0.25) is 0 Å². The van der Waals surface area contributed by atoms with Gasteiger partial charge in [0.1, 0.15) is 6.61 Å². The summed E-state index contributed by atoms with van der Waals surface area (Å²) in [5.41, 5.74) is 4.45. The Bertz CT molecular complexity index is 1250. The Morgan fingerprint density at radius 2 is 1.90 bits per heavy atom. The molecule has 0 radical (unpaired) electrons. The number of benzene rings is 2. The van der Waals surface area contributed by atoms with Crippen LogP contribution in [0.4, 0.5) is 0 Å². The third-order valence-corrected chi connectivity index (χ3v) is 4.84. The lowest BCUT2D eigenvalue weighted by Gasteiger charge is -2.08. The van der Waals surface area contributed by atoms with Crippen molar-refractivity contribution < 1.29 is 9.53 Å². The van der Waals surface area contributed by atoms with Crippen molar-refractivity contribution in [1.82, 2.24) is 14.8 Å². The van der Waals surface area contributed by atoms with E-state index in [1.165, 1.54) is 6.20 Å².